The lowest BCUT2D eigenvalue weighted by Crippen LogP contribution is -2.26. The maximum absolute atomic E-state index is 12.0. The summed E-state index contributed by atoms with van der Waals surface area (Å²) in [6, 6.07) is 4.49. The van der Waals surface area contributed by atoms with E-state index >= 15 is 0 Å². The summed E-state index contributed by atoms with van der Waals surface area (Å²) in [4.78, 5) is 0.0204. The van der Waals surface area contributed by atoms with E-state index in [-0.39, 0.29) is 23.5 Å². The van der Waals surface area contributed by atoms with Gasteiger partial charge < -0.3 is 5.73 Å². The molecule has 0 aromatic heterocycles. The van der Waals surface area contributed by atoms with Crippen molar-refractivity contribution in [3.05, 3.63) is 23.8 Å². The second-order valence-corrected chi connectivity index (χ2v) is 6.07. The summed E-state index contributed by atoms with van der Waals surface area (Å²) in [6.07, 6.45) is -5.12. The Morgan fingerprint density at radius 1 is 1.30 bits per heavy atom. The number of rotatable bonds is 6. The zero-order valence-corrected chi connectivity index (χ0v) is 11.8. The van der Waals surface area contributed by atoms with E-state index in [2.05, 4.69) is 4.72 Å². The largest absolute Gasteiger partial charge is 0.399 e. The van der Waals surface area contributed by atoms with Gasteiger partial charge in [0.25, 0.3) is 0 Å². The van der Waals surface area contributed by atoms with Crippen molar-refractivity contribution >= 4 is 15.7 Å². The number of nitrogens with one attached hydrogen (secondary N) is 1. The third-order valence-corrected chi connectivity index (χ3v) is 4.23. The first-order valence-corrected chi connectivity index (χ1v) is 7.59. The Balaban J connectivity index is 2.77. The van der Waals surface area contributed by atoms with Crippen LogP contribution in [0.4, 0.5) is 18.9 Å². The topological polar surface area (TPSA) is 72.2 Å². The molecule has 4 nitrogen and oxygen atoms in total. The summed E-state index contributed by atoms with van der Waals surface area (Å²) in [6.45, 7) is 1.52. The van der Waals surface area contributed by atoms with Crippen molar-refractivity contribution in [2.75, 3.05) is 12.3 Å². The minimum Gasteiger partial charge on any atom is -0.399 e. The van der Waals surface area contributed by atoms with E-state index in [0.717, 1.165) is 0 Å². The van der Waals surface area contributed by atoms with Gasteiger partial charge in [0.15, 0.2) is 0 Å². The van der Waals surface area contributed by atoms with Gasteiger partial charge in [0.2, 0.25) is 10.0 Å². The van der Waals surface area contributed by atoms with Crippen molar-refractivity contribution in [2.24, 2.45) is 0 Å². The smallest absolute Gasteiger partial charge is 0.389 e. The number of nitrogens with two attached hydrogens (primary N) is 1. The molecule has 1 aromatic rings. The summed E-state index contributed by atoms with van der Waals surface area (Å²) >= 11 is 0. The van der Waals surface area contributed by atoms with Crippen LogP contribution in [-0.4, -0.2) is 21.1 Å². The lowest BCUT2D eigenvalue weighted by Gasteiger charge is -2.12. The van der Waals surface area contributed by atoms with E-state index in [0.29, 0.717) is 12.0 Å². The van der Waals surface area contributed by atoms with Crippen LogP contribution < -0.4 is 10.5 Å². The molecule has 0 aliphatic heterocycles. The highest BCUT2D eigenvalue weighted by Gasteiger charge is 2.26. The Hall–Kier alpha value is -1.28. The van der Waals surface area contributed by atoms with Gasteiger partial charge in [-0.2, -0.15) is 13.2 Å². The van der Waals surface area contributed by atoms with Crippen LogP contribution in [0.25, 0.3) is 0 Å². The summed E-state index contributed by atoms with van der Waals surface area (Å²) in [5.41, 5.74) is 6.41. The van der Waals surface area contributed by atoms with Crippen LogP contribution in [0.3, 0.4) is 0 Å². The van der Waals surface area contributed by atoms with Gasteiger partial charge in [-0.1, -0.05) is 13.0 Å². The number of alkyl halides is 3. The van der Waals surface area contributed by atoms with Gasteiger partial charge in [0, 0.05) is 18.7 Å². The number of aryl methyl sites for hydroxylation is 1. The SMILES string of the molecule is CCc1ccc(N)cc1S(=O)(=O)NCCCC(F)(F)F. The Kier molecular flexibility index (Phi) is 5.41. The van der Waals surface area contributed by atoms with Crippen LogP contribution in [0, 0.1) is 0 Å². The second kappa shape index (κ2) is 6.45. The Bertz CT molecular complexity index is 556. The number of benzene rings is 1. The number of anilines is 1. The third kappa shape index (κ3) is 5.01. The minimum atomic E-state index is -4.28. The lowest BCUT2D eigenvalue weighted by atomic mass is 10.1. The molecular formula is C12H17F3N2O2S. The predicted molar refractivity (Wildman–Crippen MR) is 70.7 cm³/mol. The van der Waals surface area contributed by atoms with Crippen molar-refractivity contribution in [1.29, 1.82) is 0 Å². The average Bonchev–Trinajstić information content (AvgIpc) is 2.33. The zero-order chi connectivity index (χ0) is 15.4. The molecule has 0 radical (unpaired) electrons. The van der Waals surface area contributed by atoms with E-state index in [4.69, 9.17) is 5.73 Å². The number of nitrogen functional groups attached to an aromatic ring is 1. The molecule has 1 aromatic carbocycles. The number of hydrogen-bond acceptors (Lipinski definition) is 3. The molecule has 0 atom stereocenters. The van der Waals surface area contributed by atoms with Crippen molar-refractivity contribution in [3.8, 4) is 0 Å². The van der Waals surface area contributed by atoms with E-state index in [1.165, 1.54) is 6.07 Å². The van der Waals surface area contributed by atoms with Crippen LogP contribution in [0.2, 0.25) is 0 Å². The molecule has 0 bridgehead atoms. The van der Waals surface area contributed by atoms with Gasteiger partial charge >= 0.3 is 6.18 Å². The summed E-state index contributed by atoms with van der Waals surface area (Å²) in [7, 11) is -3.84. The molecule has 1 rings (SSSR count). The molecule has 114 valence electrons. The maximum Gasteiger partial charge on any atom is 0.389 e. The summed E-state index contributed by atoms with van der Waals surface area (Å²) in [5.74, 6) is 0. The number of halogens is 3. The first-order valence-electron chi connectivity index (χ1n) is 6.10. The Morgan fingerprint density at radius 2 is 1.95 bits per heavy atom. The molecule has 0 aliphatic rings. The number of hydrogen-bond donors (Lipinski definition) is 2. The molecule has 0 saturated carbocycles. The Labute approximate surface area is 116 Å². The molecule has 0 fully saturated rings. The zero-order valence-electron chi connectivity index (χ0n) is 11.0. The van der Waals surface area contributed by atoms with Gasteiger partial charge in [-0.25, -0.2) is 13.1 Å². The molecule has 0 spiro atoms. The van der Waals surface area contributed by atoms with E-state index in [9.17, 15) is 21.6 Å². The van der Waals surface area contributed by atoms with E-state index in [1.807, 2.05) is 0 Å². The van der Waals surface area contributed by atoms with Gasteiger partial charge in [0.1, 0.15) is 0 Å². The van der Waals surface area contributed by atoms with Crippen LogP contribution in [0.5, 0.6) is 0 Å². The van der Waals surface area contributed by atoms with Gasteiger partial charge in [-0.3, -0.25) is 0 Å². The van der Waals surface area contributed by atoms with Gasteiger partial charge in [0.05, 0.1) is 4.90 Å². The molecule has 20 heavy (non-hydrogen) atoms. The molecule has 0 saturated heterocycles. The summed E-state index contributed by atoms with van der Waals surface area (Å²) < 4.78 is 62.2. The van der Waals surface area contributed by atoms with Crippen molar-refractivity contribution < 1.29 is 21.6 Å². The maximum atomic E-state index is 12.0. The fourth-order valence-electron chi connectivity index (χ4n) is 1.69. The van der Waals surface area contributed by atoms with Gasteiger partial charge in [-0.05, 0) is 30.5 Å². The molecule has 0 unspecified atom stereocenters. The molecule has 0 aliphatic carbocycles. The normalized spacial score (nSPS) is 12.6. The first kappa shape index (κ1) is 16.8. The molecule has 0 heterocycles. The third-order valence-electron chi connectivity index (χ3n) is 2.69. The molecule has 8 heteroatoms. The standard InChI is InChI=1S/C12H17F3N2O2S/c1-2-9-4-5-10(16)8-11(9)20(18,19)17-7-3-6-12(13,14)15/h4-5,8,17H,2-3,6-7,16H2,1H3. The minimum absolute atomic E-state index is 0.0204. The fourth-order valence-corrected chi connectivity index (χ4v) is 3.10. The Morgan fingerprint density at radius 3 is 2.50 bits per heavy atom. The van der Waals surface area contributed by atoms with Crippen molar-refractivity contribution in [2.45, 2.75) is 37.3 Å². The van der Waals surface area contributed by atoms with Crippen LogP contribution in [-0.2, 0) is 16.4 Å². The fraction of sp³-hybridized carbons (Fsp3) is 0.500. The molecular weight excluding hydrogens is 293 g/mol. The first-order chi connectivity index (χ1) is 9.15. The van der Waals surface area contributed by atoms with E-state index in [1.54, 1.807) is 19.1 Å². The highest BCUT2D eigenvalue weighted by atomic mass is 32.2. The highest BCUT2D eigenvalue weighted by molar-refractivity contribution is 7.89. The van der Waals surface area contributed by atoms with Crippen LogP contribution in [0.1, 0.15) is 25.3 Å². The predicted octanol–water partition coefficient (Wildman–Crippen LogP) is 2.45. The monoisotopic (exact) mass is 310 g/mol. The quantitative estimate of drug-likeness (QED) is 0.626. The van der Waals surface area contributed by atoms with Crippen molar-refractivity contribution in [3.63, 3.8) is 0 Å². The lowest BCUT2D eigenvalue weighted by molar-refractivity contribution is -0.135. The molecule has 3 N–H and O–H groups in total. The van der Waals surface area contributed by atoms with E-state index < -0.39 is 22.6 Å². The second-order valence-electron chi connectivity index (χ2n) is 4.34. The average molecular weight is 310 g/mol. The molecule has 0 amide bonds. The van der Waals surface area contributed by atoms with Gasteiger partial charge in [-0.15, -0.1) is 0 Å². The summed E-state index contributed by atoms with van der Waals surface area (Å²) in [5, 5.41) is 0. The van der Waals surface area contributed by atoms with Crippen LogP contribution >= 0.6 is 0 Å². The number of sulfonamides is 1. The van der Waals surface area contributed by atoms with Crippen LogP contribution in [0.15, 0.2) is 23.1 Å². The highest BCUT2D eigenvalue weighted by Crippen LogP contribution is 2.22. The van der Waals surface area contributed by atoms with Crippen molar-refractivity contribution in [1.82, 2.24) is 4.72 Å².